The number of hydrogen-bond acceptors (Lipinski definition) is 5. The Morgan fingerprint density at radius 2 is 1.87 bits per heavy atom. The summed E-state index contributed by atoms with van der Waals surface area (Å²) in [6, 6.07) is 12.7. The number of carbonyl (C=O) groups excluding carboxylic acids is 3. The lowest BCUT2D eigenvalue weighted by atomic mass is 10.1. The molecule has 1 aliphatic rings. The fraction of sp³-hybridized carbons (Fsp3) is 0.348. The molecule has 30 heavy (non-hydrogen) atoms. The van der Waals surface area contributed by atoms with Gasteiger partial charge < -0.3 is 19.7 Å². The molecule has 2 aromatic rings. The largest absolute Gasteiger partial charge is 0.494 e. The molecule has 1 N–H and O–H groups in total. The maximum Gasteiger partial charge on any atom is 0.311 e. The predicted octanol–water partition coefficient (Wildman–Crippen LogP) is 3.24. The second-order valence-electron chi connectivity index (χ2n) is 7.24. The molecule has 1 fully saturated rings. The average Bonchev–Trinajstić information content (AvgIpc) is 3.11. The zero-order valence-electron chi connectivity index (χ0n) is 17.4. The van der Waals surface area contributed by atoms with Gasteiger partial charge in [0.05, 0.1) is 12.5 Å². The van der Waals surface area contributed by atoms with E-state index in [1.54, 1.807) is 29.2 Å². The van der Waals surface area contributed by atoms with Crippen LogP contribution in [0.25, 0.3) is 0 Å². The molecule has 2 amide bonds. The van der Waals surface area contributed by atoms with Crippen LogP contribution in [-0.4, -0.2) is 37.5 Å². The summed E-state index contributed by atoms with van der Waals surface area (Å²) in [6.07, 6.45) is 0.0761. The van der Waals surface area contributed by atoms with E-state index in [4.69, 9.17) is 9.47 Å². The minimum atomic E-state index is -0.587. The lowest BCUT2D eigenvalue weighted by Crippen LogP contribution is -2.28. The van der Waals surface area contributed by atoms with Crippen LogP contribution < -0.4 is 15.0 Å². The number of aryl methyl sites for hydroxylation is 1. The number of esters is 1. The van der Waals surface area contributed by atoms with Gasteiger partial charge in [0, 0.05) is 24.3 Å². The molecule has 0 saturated carbocycles. The summed E-state index contributed by atoms with van der Waals surface area (Å²) < 4.78 is 10.5. The van der Waals surface area contributed by atoms with Gasteiger partial charge in [-0.3, -0.25) is 14.4 Å². The van der Waals surface area contributed by atoms with E-state index in [9.17, 15) is 14.4 Å². The van der Waals surface area contributed by atoms with Crippen LogP contribution in [0.15, 0.2) is 42.5 Å². The quantitative estimate of drug-likeness (QED) is 0.709. The first kappa shape index (κ1) is 21.4. The van der Waals surface area contributed by atoms with Gasteiger partial charge in [0.1, 0.15) is 5.75 Å². The molecule has 3 rings (SSSR count). The van der Waals surface area contributed by atoms with Gasteiger partial charge in [-0.05, 0) is 62.2 Å². The van der Waals surface area contributed by atoms with Crippen LogP contribution >= 0.6 is 0 Å². The summed E-state index contributed by atoms with van der Waals surface area (Å²) in [5, 5.41) is 2.67. The topological polar surface area (TPSA) is 84.9 Å². The zero-order valence-corrected chi connectivity index (χ0v) is 17.4. The summed E-state index contributed by atoms with van der Waals surface area (Å²) in [7, 11) is 0. The summed E-state index contributed by atoms with van der Waals surface area (Å²) in [4.78, 5) is 38.5. The van der Waals surface area contributed by atoms with Crippen LogP contribution in [-0.2, 0) is 19.1 Å². The van der Waals surface area contributed by atoms with E-state index < -0.39 is 24.4 Å². The molecule has 0 unspecified atom stereocenters. The highest BCUT2D eigenvalue weighted by Crippen LogP contribution is 2.29. The lowest BCUT2D eigenvalue weighted by molar-refractivity contribution is -0.151. The number of hydrogen-bond donors (Lipinski definition) is 1. The van der Waals surface area contributed by atoms with Crippen molar-refractivity contribution in [1.29, 1.82) is 0 Å². The third-order valence-corrected chi connectivity index (χ3v) is 5.12. The number of amides is 2. The van der Waals surface area contributed by atoms with Crippen molar-refractivity contribution < 1.29 is 23.9 Å². The molecular formula is C23H26N2O5. The van der Waals surface area contributed by atoms with E-state index >= 15 is 0 Å². The van der Waals surface area contributed by atoms with Crippen LogP contribution in [0.1, 0.15) is 24.5 Å². The van der Waals surface area contributed by atoms with Gasteiger partial charge in [0.2, 0.25) is 5.91 Å². The summed E-state index contributed by atoms with van der Waals surface area (Å²) in [5.74, 6) is -0.984. The molecule has 0 aromatic heterocycles. The van der Waals surface area contributed by atoms with E-state index in [0.29, 0.717) is 18.0 Å². The molecule has 0 radical (unpaired) electrons. The van der Waals surface area contributed by atoms with Crippen LogP contribution in [0, 0.1) is 19.8 Å². The molecule has 2 aromatic carbocycles. The van der Waals surface area contributed by atoms with Crippen molar-refractivity contribution in [2.45, 2.75) is 27.2 Å². The highest BCUT2D eigenvalue weighted by Gasteiger charge is 2.37. The van der Waals surface area contributed by atoms with Crippen molar-refractivity contribution in [3.8, 4) is 5.75 Å². The second-order valence-corrected chi connectivity index (χ2v) is 7.24. The van der Waals surface area contributed by atoms with Gasteiger partial charge in [-0.2, -0.15) is 0 Å². The van der Waals surface area contributed by atoms with Crippen LogP contribution in [0.3, 0.4) is 0 Å². The van der Waals surface area contributed by atoms with Crippen LogP contribution in [0.2, 0.25) is 0 Å². The van der Waals surface area contributed by atoms with Crippen molar-refractivity contribution in [2.24, 2.45) is 5.92 Å². The first-order valence-corrected chi connectivity index (χ1v) is 9.95. The molecule has 0 aliphatic carbocycles. The van der Waals surface area contributed by atoms with Gasteiger partial charge in [0.25, 0.3) is 5.91 Å². The maximum absolute atomic E-state index is 12.4. The summed E-state index contributed by atoms with van der Waals surface area (Å²) >= 11 is 0. The fourth-order valence-corrected chi connectivity index (χ4v) is 3.38. The number of nitrogens with zero attached hydrogens (tertiary/aromatic N) is 1. The molecule has 0 bridgehead atoms. The zero-order chi connectivity index (χ0) is 21.7. The number of rotatable bonds is 7. The Kier molecular flexibility index (Phi) is 6.72. The molecule has 7 nitrogen and oxygen atoms in total. The fourth-order valence-electron chi connectivity index (χ4n) is 3.38. The highest BCUT2D eigenvalue weighted by atomic mass is 16.5. The van der Waals surface area contributed by atoms with Crippen LogP contribution in [0.5, 0.6) is 5.75 Å². The Morgan fingerprint density at radius 3 is 2.57 bits per heavy atom. The van der Waals surface area contributed by atoms with Gasteiger partial charge in [-0.15, -0.1) is 0 Å². The molecule has 1 atom stereocenters. The van der Waals surface area contributed by atoms with E-state index in [0.717, 1.165) is 16.8 Å². The Hall–Kier alpha value is -3.35. The molecular weight excluding hydrogens is 384 g/mol. The van der Waals surface area contributed by atoms with Gasteiger partial charge in [0.15, 0.2) is 6.61 Å². The lowest BCUT2D eigenvalue weighted by Gasteiger charge is -2.20. The maximum atomic E-state index is 12.4. The molecule has 1 heterocycles. The Balaban J connectivity index is 1.52. The smallest absolute Gasteiger partial charge is 0.311 e. The van der Waals surface area contributed by atoms with Crippen molar-refractivity contribution in [2.75, 3.05) is 30.0 Å². The van der Waals surface area contributed by atoms with Crippen molar-refractivity contribution in [3.05, 3.63) is 53.6 Å². The van der Waals surface area contributed by atoms with Crippen LogP contribution in [0.4, 0.5) is 11.4 Å². The number of anilines is 2. The number of nitrogens with one attached hydrogen (secondary N) is 1. The monoisotopic (exact) mass is 410 g/mol. The van der Waals surface area contributed by atoms with Gasteiger partial charge in [-0.25, -0.2) is 0 Å². The second kappa shape index (κ2) is 9.43. The van der Waals surface area contributed by atoms with E-state index in [2.05, 4.69) is 5.32 Å². The summed E-state index contributed by atoms with van der Waals surface area (Å²) in [6.45, 7) is 6.24. The SMILES string of the molecule is CCOc1ccc(NC(=O)COC(=O)[C@@H]2CC(=O)N(c3cccc(C)c3C)C2)cc1. The van der Waals surface area contributed by atoms with E-state index in [-0.39, 0.29) is 18.9 Å². The third kappa shape index (κ3) is 4.97. The minimum absolute atomic E-state index is 0.0761. The Labute approximate surface area is 176 Å². The first-order chi connectivity index (χ1) is 14.4. The molecule has 7 heteroatoms. The average molecular weight is 410 g/mol. The molecule has 1 saturated heterocycles. The van der Waals surface area contributed by atoms with Gasteiger partial charge >= 0.3 is 5.97 Å². The van der Waals surface area contributed by atoms with Crippen molar-refractivity contribution >= 4 is 29.2 Å². The minimum Gasteiger partial charge on any atom is -0.494 e. The molecule has 1 aliphatic heterocycles. The number of carbonyl (C=O) groups is 3. The number of benzene rings is 2. The number of ether oxygens (including phenoxy) is 2. The highest BCUT2D eigenvalue weighted by molar-refractivity contribution is 6.00. The normalized spacial score (nSPS) is 15.8. The summed E-state index contributed by atoms with van der Waals surface area (Å²) in [5.41, 5.74) is 3.48. The Morgan fingerprint density at radius 1 is 1.13 bits per heavy atom. The first-order valence-electron chi connectivity index (χ1n) is 9.95. The predicted molar refractivity (Wildman–Crippen MR) is 114 cm³/mol. The van der Waals surface area contributed by atoms with E-state index in [1.807, 2.05) is 39.0 Å². The van der Waals surface area contributed by atoms with Crippen molar-refractivity contribution in [1.82, 2.24) is 0 Å². The Bertz CT molecular complexity index is 939. The molecule has 158 valence electrons. The standard InChI is InChI=1S/C23H26N2O5/c1-4-29-19-10-8-18(9-11-19)24-21(26)14-30-23(28)17-12-22(27)25(13-17)20-7-5-6-15(2)16(20)3/h5-11,17H,4,12-14H2,1-3H3,(H,24,26)/t17-/m1/s1. The van der Waals surface area contributed by atoms with E-state index in [1.165, 1.54) is 0 Å². The van der Waals surface area contributed by atoms with Gasteiger partial charge in [-0.1, -0.05) is 12.1 Å². The van der Waals surface area contributed by atoms with Crippen molar-refractivity contribution in [3.63, 3.8) is 0 Å². The third-order valence-electron chi connectivity index (χ3n) is 5.12. The molecule has 0 spiro atoms.